The van der Waals surface area contributed by atoms with Crippen molar-refractivity contribution in [2.45, 2.75) is 32.7 Å². The molecule has 2 aromatic rings. The van der Waals surface area contributed by atoms with E-state index in [1.165, 1.54) is 5.56 Å². The Bertz CT molecular complexity index is 785. The molecule has 1 atom stereocenters. The van der Waals surface area contributed by atoms with Gasteiger partial charge in [-0.3, -0.25) is 9.69 Å². The van der Waals surface area contributed by atoms with Crippen molar-refractivity contribution in [2.24, 2.45) is 0 Å². The van der Waals surface area contributed by atoms with E-state index < -0.39 is 0 Å². The maximum atomic E-state index is 12.8. The SMILES string of the molecule is CC(C)c1ccccc1NC(=O)[C@@H](C)N1CCN(c2cccc(Cl)c2)CC1. The highest BCUT2D eigenvalue weighted by atomic mass is 35.5. The van der Waals surface area contributed by atoms with E-state index in [9.17, 15) is 4.79 Å². The zero-order chi connectivity index (χ0) is 19.4. The van der Waals surface area contributed by atoms with Crippen molar-refractivity contribution in [2.75, 3.05) is 36.4 Å². The summed E-state index contributed by atoms with van der Waals surface area (Å²) in [5, 5.41) is 3.88. The van der Waals surface area contributed by atoms with Crippen molar-refractivity contribution in [3.8, 4) is 0 Å². The molecule has 0 radical (unpaired) electrons. The van der Waals surface area contributed by atoms with Crippen LogP contribution in [0, 0.1) is 0 Å². The highest BCUT2D eigenvalue weighted by Gasteiger charge is 2.26. The van der Waals surface area contributed by atoms with E-state index in [0.717, 1.165) is 42.6 Å². The maximum absolute atomic E-state index is 12.8. The summed E-state index contributed by atoms with van der Waals surface area (Å²) < 4.78 is 0. The van der Waals surface area contributed by atoms with Crippen molar-refractivity contribution < 1.29 is 4.79 Å². The maximum Gasteiger partial charge on any atom is 0.241 e. The van der Waals surface area contributed by atoms with Gasteiger partial charge in [-0.05, 0) is 42.7 Å². The molecule has 144 valence electrons. The first-order valence-electron chi connectivity index (χ1n) is 9.60. The van der Waals surface area contributed by atoms with E-state index in [-0.39, 0.29) is 11.9 Å². The molecule has 1 aliphatic heterocycles. The predicted octanol–water partition coefficient (Wildman–Crippen LogP) is 4.61. The minimum Gasteiger partial charge on any atom is -0.369 e. The second-order valence-corrected chi connectivity index (χ2v) is 7.85. The van der Waals surface area contributed by atoms with Crippen LogP contribution in [-0.2, 0) is 4.79 Å². The largest absolute Gasteiger partial charge is 0.369 e. The number of carbonyl (C=O) groups excluding carboxylic acids is 1. The van der Waals surface area contributed by atoms with Gasteiger partial charge in [0.2, 0.25) is 5.91 Å². The van der Waals surface area contributed by atoms with E-state index >= 15 is 0 Å². The molecule has 0 bridgehead atoms. The van der Waals surface area contributed by atoms with Gasteiger partial charge in [0.05, 0.1) is 6.04 Å². The van der Waals surface area contributed by atoms with Crippen LogP contribution in [0.2, 0.25) is 5.02 Å². The van der Waals surface area contributed by atoms with Crippen LogP contribution in [-0.4, -0.2) is 43.0 Å². The van der Waals surface area contributed by atoms with Gasteiger partial charge in [-0.2, -0.15) is 0 Å². The number of hydrogen-bond acceptors (Lipinski definition) is 3. The van der Waals surface area contributed by atoms with E-state index in [1.807, 2.05) is 43.3 Å². The molecule has 3 rings (SSSR count). The van der Waals surface area contributed by atoms with Gasteiger partial charge in [0.15, 0.2) is 0 Å². The fraction of sp³-hybridized carbons (Fsp3) is 0.409. The summed E-state index contributed by atoms with van der Waals surface area (Å²) in [5.41, 5.74) is 3.23. The second kappa shape index (κ2) is 8.77. The lowest BCUT2D eigenvalue weighted by Gasteiger charge is -2.38. The van der Waals surface area contributed by atoms with E-state index in [2.05, 4.69) is 41.1 Å². The molecule has 1 N–H and O–H groups in total. The number of piperazine rings is 1. The number of benzene rings is 2. The standard InChI is InChI=1S/C22H28ClN3O/c1-16(2)20-9-4-5-10-21(20)24-22(27)17(3)25-11-13-26(14-12-25)19-8-6-7-18(23)15-19/h4-10,15-17H,11-14H2,1-3H3,(H,24,27)/t17-/m1/s1. The Morgan fingerprint density at radius 2 is 1.70 bits per heavy atom. The minimum atomic E-state index is -0.160. The fourth-order valence-electron chi connectivity index (χ4n) is 3.56. The van der Waals surface area contributed by atoms with Crippen LogP contribution in [0.5, 0.6) is 0 Å². The van der Waals surface area contributed by atoms with Crippen LogP contribution >= 0.6 is 11.6 Å². The number of amides is 1. The Balaban J connectivity index is 1.59. The van der Waals surface area contributed by atoms with Crippen LogP contribution in [0.25, 0.3) is 0 Å². The number of rotatable bonds is 5. The number of hydrogen-bond donors (Lipinski definition) is 1. The van der Waals surface area contributed by atoms with Gasteiger partial charge >= 0.3 is 0 Å². The summed E-state index contributed by atoms with van der Waals surface area (Å²) in [6, 6.07) is 15.8. The van der Waals surface area contributed by atoms with E-state index in [1.54, 1.807) is 0 Å². The molecule has 0 aliphatic carbocycles. The highest BCUT2D eigenvalue weighted by molar-refractivity contribution is 6.30. The van der Waals surface area contributed by atoms with Crippen LogP contribution in [0.4, 0.5) is 11.4 Å². The zero-order valence-electron chi connectivity index (χ0n) is 16.3. The second-order valence-electron chi connectivity index (χ2n) is 7.41. The molecule has 1 saturated heterocycles. The lowest BCUT2D eigenvalue weighted by Crippen LogP contribution is -2.52. The molecule has 5 heteroatoms. The topological polar surface area (TPSA) is 35.6 Å². The van der Waals surface area contributed by atoms with Crippen molar-refractivity contribution in [3.63, 3.8) is 0 Å². The fourth-order valence-corrected chi connectivity index (χ4v) is 3.74. The van der Waals surface area contributed by atoms with Crippen LogP contribution < -0.4 is 10.2 Å². The average Bonchev–Trinajstić information content (AvgIpc) is 2.67. The van der Waals surface area contributed by atoms with Gasteiger partial charge in [-0.1, -0.05) is 49.7 Å². The molecule has 1 fully saturated rings. The summed E-state index contributed by atoms with van der Waals surface area (Å²) in [4.78, 5) is 17.4. The normalized spacial score (nSPS) is 16.4. The monoisotopic (exact) mass is 385 g/mol. The number of carbonyl (C=O) groups is 1. The summed E-state index contributed by atoms with van der Waals surface area (Å²) in [7, 11) is 0. The first kappa shape index (κ1) is 19.7. The van der Waals surface area contributed by atoms with Crippen LogP contribution in [0.3, 0.4) is 0 Å². The van der Waals surface area contributed by atoms with Crippen LogP contribution in [0.1, 0.15) is 32.3 Å². The summed E-state index contributed by atoms with van der Waals surface area (Å²) in [6.45, 7) is 9.76. The highest BCUT2D eigenvalue weighted by Crippen LogP contribution is 2.25. The Morgan fingerprint density at radius 1 is 1.00 bits per heavy atom. The van der Waals surface area contributed by atoms with Gasteiger partial charge in [0, 0.05) is 42.6 Å². The molecule has 0 spiro atoms. The van der Waals surface area contributed by atoms with Gasteiger partial charge in [0.1, 0.15) is 0 Å². The molecular weight excluding hydrogens is 358 g/mol. The van der Waals surface area contributed by atoms with Crippen molar-refractivity contribution in [3.05, 3.63) is 59.1 Å². The number of nitrogens with zero attached hydrogens (tertiary/aromatic N) is 2. The van der Waals surface area contributed by atoms with Crippen molar-refractivity contribution in [1.82, 2.24) is 4.90 Å². The lowest BCUT2D eigenvalue weighted by molar-refractivity contribution is -0.120. The number of anilines is 2. The Morgan fingerprint density at radius 3 is 2.37 bits per heavy atom. The van der Waals surface area contributed by atoms with Crippen molar-refractivity contribution >= 4 is 28.9 Å². The summed E-state index contributed by atoms with van der Waals surface area (Å²) in [5.74, 6) is 0.428. The molecule has 4 nitrogen and oxygen atoms in total. The Labute approximate surface area is 167 Å². The molecule has 0 aromatic heterocycles. The first-order valence-corrected chi connectivity index (χ1v) is 9.98. The minimum absolute atomic E-state index is 0.0549. The third-order valence-corrected chi connectivity index (χ3v) is 5.49. The van der Waals surface area contributed by atoms with Gasteiger partial charge in [-0.25, -0.2) is 0 Å². The Kier molecular flexibility index (Phi) is 6.40. The average molecular weight is 386 g/mol. The molecule has 2 aromatic carbocycles. The quantitative estimate of drug-likeness (QED) is 0.816. The van der Waals surface area contributed by atoms with Crippen LogP contribution in [0.15, 0.2) is 48.5 Å². The molecule has 1 aliphatic rings. The van der Waals surface area contributed by atoms with Crippen molar-refractivity contribution in [1.29, 1.82) is 0 Å². The molecular formula is C22H28ClN3O. The lowest BCUT2D eigenvalue weighted by atomic mass is 10.0. The Hall–Kier alpha value is -2.04. The first-order chi connectivity index (χ1) is 13.0. The molecule has 1 amide bonds. The third kappa shape index (κ3) is 4.82. The number of para-hydroxylation sites is 1. The summed E-state index contributed by atoms with van der Waals surface area (Å²) >= 11 is 6.11. The van der Waals surface area contributed by atoms with Gasteiger partial charge in [0.25, 0.3) is 0 Å². The smallest absolute Gasteiger partial charge is 0.241 e. The molecule has 0 saturated carbocycles. The van der Waals surface area contributed by atoms with E-state index in [0.29, 0.717) is 5.92 Å². The van der Waals surface area contributed by atoms with Gasteiger partial charge in [-0.15, -0.1) is 0 Å². The molecule has 27 heavy (non-hydrogen) atoms. The number of halogens is 1. The van der Waals surface area contributed by atoms with E-state index in [4.69, 9.17) is 11.6 Å². The number of nitrogens with one attached hydrogen (secondary N) is 1. The predicted molar refractivity (Wildman–Crippen MR) is 114 cm³/mol. The molecule has 0 unspecified atom stereocenters. The zero-order valence-corrected chi connectivity index (χ0v) is 17.0. The van der Waals surface area contributed by atoms with Gasteiger partial charge < -0.3 is 10.2 Å². The summed E-state index contributed by atoms with van der Waals surface area (Å²) in [6.07, 6.45) is 0. The third-order valence-electron chi connectivity index (χ3n) is 5.26. The molecule has 1 heterocycles.